The molecule has 144 valence electrons. The molecular weight excluding hydrogens is 423 g/mol. The second kappa shape index (κ2) is 8.60. The normalized spacial score (nSPS) is 10.5. The van der Waals surface area contributed by atoms with E-state index in [1.54, 1.807) is 13.0 Å². The molecule has 6 nitrogen and oxygen atoms in total. The Balaban J connectivity index is 2.06. The van der Waals surface area contributed by atoms with Crippen LogP contribution in [-0.4, -0.2) is 28.7 Å². The van der Waals surface area contributed by atoms with Crippen LogP contribution in [0.3, 0.4) is 0 Å². The summed E-state index contributed by atoms with van der Waals surface area (Å²) in [5.74, 6) is -0.325. The number of carbonyl (C=O) groups excluding carboxylic acids is 1. The highest BCUT2D eigenvalue weighted by Crippen LogP contribution is 2.40. The van der Waals surface area contributed by atoms with E-state index >= 15 is 0 Å². The van der Waals surface area contributed by atoms with E-state index in [1.165, 1.54) is 17.0 Å². The van der Waals surface area contributed by atoms with Crippen LogP contribution >= 0.6 is 34.5 Å². The van der Waals surface area contributed by atoms with Gasteiger partial charge in [-0.05, 0) is 25.1 Å². The summed E-state index contributed by atoms with van der Waals surface area (Å²) in [6.07, 6.45) is -1.49. The van der Waals surface area contributed by atoms with Gasteiger partial charge in [0.15, 0.2) is 5.82 Å². The summed E-state index contributed by atoms with van der Waals surface area (Å²) in [5, 5.41) is 10.2. The molecule has 1 N–H and O–H groups in total. The Morgan fingerprint density at radius 1 is 1.18 bits per heavy atom. The molecular formula is C19H14Cl2N2O4S. The maximum absolute atomic E-state index is 13.1. The average Bonchev–Trinajstić information content (AvgIpc) is 3.06. The van der Waals surface area contributed by atoms with Gasteiger partial charge in [0.25, 0.3) is 5.91 Å². The molecule has 0 bridgehead atoms. The van der Waals surface area contributed by atoms with Crippen LogP contribution in [0.25, 0.3) is 10.6 Å². The van der Waals surface area contributed by atoms with E-state index in [-0.39, 0.29) is 28.0 Å². The number of carboxylic acid groups (broad SMARTS) is 1. The van der Waals surface area contributed by atoms with Gasteiger partial charge >= 0.3 is 6.16 Å². The maximum Gasteiger partial charge on any atom is 0.512 e. The molecule has 28 heavy (non-hydrogen) atoms. The van der Waals surface area contributed by atoms with Crippen LogP contribution in [0, 0.1) is 0 Å². The highest BCUT2D eigenvalue weighted by Gasteiger charge is 2.27. The Kier molecular flexibility index (Phi) is 6.18. The van der Waals surface area contributed by atoms with Gasteiger partial charge in [-0.1, -0.05) is 64.9 Å². The van der Waals surface area contributed by atoms with Crippen molar-refractivity contribution in [3.05, 3.63) is 64.1 Å². The Morgan fingerprint density at radius 3 is 2.50 bits per heavy atom. The van der Waals surface area contributed by atoms with Crippen LogP contribution in [-0.2, 0) is 0 Å². The lowest BCUT2D eigenvalue weighted by molar-refractivity contribution is 0.0985. The summed E-state index contributed by atoms with van der Waals surface area (Å²) in [5.41, 5.74) is 1.01. The van der Waals surface area contributed by atoms with Crippen LogP contribution in [0.4, 0.5) is 10.6 Å². The summed E-state index contributed by atoms with van der Waals surface area (Å²) in [6.45, 7) is 1.97. The fourth-order valence-corrected chi connectivity index (χ4v) is 3.93. The quantitative estimate of drug-likeness (QED) is 0.508. The number of thiazole rings is 1. The predicted octanol–water partition coefficient (Wildman–Crippen LogP) is 5.84. The van der Waals surface area contributed by atoms with Gasteiger partial charge in [-0.25, -0.2) is 9.78 Å². The van der Waals surface area contributed by atoms with Gasteiger partial charge in [0.05, 0.1) is 10.6 Å². The molecule has 2 aromatic carbocycles. The van der Waals surface area contributed by atoms with E-state index in [9.17, 15) is 9.59 Å². The Labute approximate surface area is 174 Å². The van der Waals surface area contributed by atoms with Crippen molar-refractivity contribution >= 4 is 52.4 Å². The van der Waals surface area contributed by atoms with Gasteiger partial charge in [-0.15, -0.1) is 0 Å². The minimum atomic E-state index is -1.49. The lowest BCUT2D eigenvalue weighted by Gasteiger charge is -2.20. The Morgan fingerprint density at radius 2 is 1.89 bits per heavy atom. The van der Waals surface area contributed by atoms with E-state index in [2.05, 4.69) is 4.98 Å². The number of aromatic nitrogens is 1. The van der Waals surface area contributed by atoms with Gasteiger partial charge in [-0.2, -0.15) is 0 Å². The third-order valence-corrected chi connectivity index (χ3v) is 5.28. The van der Waals surface area contributed by atoms with Gasteiger partial charge in [0.1, 0.15) is 5.01 Å². The topological polar surface area (TPSA) is 79.7 Å². The van der Waals surface area contributed by atoms with Crippen molar-refractivity contribution < 1.29 is 19.4 Å². The van der Waals surface area contributed by atoms with Crippen LogP contribution in [0.2, 0.25) is 10.0 Å². The Bertz CT molecular complexity index is 1020. The average molecular weight is 437 g/mol. The van der Waals surface area contributed by atoms with Crippen LogP contribution < -0.4 is 9.64 Å². The molecule has 0 radical (unpaired) electrons. The number of halogens is 2. The summed E-state index contributed by atoms with van der Waals surface area (Å²) >= 11 is 13.1. The molecule has 1 heterocycles. The highest BCUT2D eigenvalue weighted by atomic mass is 35.5. The first kappa shape index (κ1) is 20.1. The fourth-order valence-electron chi connectivity index (χ4n) is 2.52. The van der Waals surface area contributed by atoms with Crippen LogP contribution in [0.1, 0.15) is 17.3 Å². The molecule has 1 amide bonds. The zero-order valence-corrected chi connectivity index (χ0v) is 16.9. The number of ether oxygens (including phenoxy) is 1. The number of carbonyl (C=O) groups is 2. The van der Waals surface area contributed by atoms with Gasteiger partial charge < -0.3 is 9.84 Å². The van der Waals surface area contributed by atoms with E-state index in [1.807, 2.05) is 30.3 Å². The number of nitrogens with zero attached hydrogens (tertiary/aromatic N) is 2. The minimum Gasteiger partial charge on any atom is -0.449 e. The monoisotopic (exact) mass is 436 g/mol. The summed E-state index contributed by atoms with van der Waals surface area (Å²) in [4.78, 5) is 30.0. The van der Waals surface area contributed by atoms with Crippen molar-refractivity contribution in [3.8, 4) is 15.6 Å². The molecule has 0 aliphatic heterocycles. The van der Waals surface area contributed by atoms with Crippen molar-refractivity contribution in [3.63, 3.8) is 0 Å². The Hall–Kier alpha value is -2.61. The van der Waals surface area contributed by atoms with Crippen molar-refractivity contribution in [2.24, 2.45) is 0 Å². The van der Waals surface area contributed by atoms with Crippen molar-refractivity contribution in [1.29, 1.82) is 0 Å². The number of amides is 1. The first-order valence-electron chi connectivity index (χ1n) is 8.14. The first-order valence-corrected chi connectivity index (χ1v) is 9.72. The first-order chi connectivity index (χ1) is 13.4. The lowest BCUT2D eigenvalue weighted by Crippen LogP contribution is -2.31. The van der Waals surface area contributed by atoms with Crippen molar-refractivity contribution in [2.75, 3.05) is 11.4 Å². The van der Waals surface area contributed by atoms with E-state index in [0.717, 1.165) is 16.9 Å². The SMILES string of the molecule is CCN(C(=O)c1ccc(Cl)cc1Cl)c1nc(-c2ccccc2)sc1OC(=O)O. The zero-order valence-electron chi connectivity index (χ0n) is 14.6. The van der Waals surface area contributed by atoms with E-state index in [4.69, 9.17) is 33.0 Å². The third kappa shape index (κ3) is 4.27. The lowest BCUT2D eigenvalue weighted by atomic mass is 10.2. The molecule has 0 aliphatic carbocycles. The van der Waals surface area contributed by atoms with E-state index in [0.29, 0.717) is 10.0 Å². The van der Waals surface area contributed by atoms with Gasteiger partial charge in [-0.3, -0.25) is 9.69 Å². The van der Waals surface area contributed by atoms with Crippen LogP contribution in [0.15, 0.2) is 48.5 Å². The van der Waals surface area contributed by atoms with Gasteiger partial charge in [0.2, 0.25) is 5.06 Å². The molecule has 3 rings (SSSR count). The molecule has 9 heteroatoms. The number of hydrogen-bond acceptors (Lipinski definition) is 5. The number of hydrogen-bond donors (Lipinski definition) is 1. The molecule has 0 unspecified atom stereocenters. The zero-order chi connectivity index (χ0) is 20.3. The smallest absolute Gasteiger partial charge is 0.449 e. The molecule has 0 atom stereocenters. The second-order valence-electron chi connectivity index (χ2n) is 5.54. The number of anilines is 1. The maximum atomic E-state index is 13.1. The molecule has 0 aliphatic rings. The molecule has 0 spiro atoms. The van der Waals surface area contributed by atoms with E-state index < -0.39 is 12.1 Å². The summed E-state index contributed by atoms with van der Waals surface area (Å²) < 4.78 is 4.89. The van der Waals surface area contributed by atoms with Crippen molar-refractivity contribution in [2.45, 2.75) is 6.92 Å². The molecule has 3 aromatic rings. The molecule has 0 saturated carbocycles. The fraction of sp³-hybridized carbons (Fsp3) is 0.105. The minimum absolute atomic E-state index is 0.00615. The molecule has 0 fully saturated rings. The molecule has 1 aromatic heterocycles. The standard InChI is InChI=1S/C19H14Cl2N2O4S/c1-2-23(17(24)13-9-8-12(20)10-14(13)21)15-18(27-19(25)26)28-16(22-15)11-6-4-3-5-7-11/h3-10H,2H2,1H3,(H,25,26). The largest absolute Gasteiger partial charge is 0.512 e. The third-order valence-electron chi connectivity index (χ3n) is 3.76. The number of benzene rings is 2. The second-order valence-corrected chi connectivity index (χ2v) is 7.34. The van der Waals surface area contributed by atoms with Gasteiger partial charge in [0, 0.05) is 17.1 Å². The molecule has 0 saturated heterocycles. The van der Waals surface area contributed by atoms with Crippen molar-refractivity contribution in [1.82, 2.24) is 4.98 Å². The highest BCUT2D eigenvalue weighted by molar-refractivity contribution is 7.17. The predicted molar refractivity (Wildman–Crippen MR) is 110 cm³/mol. The number of rotatable bonds is 5. The summed E-state index contributed by atoms with van der Waals surface area (Å²) in [6, 6.07) is 13.7. The summed E-state index contributed by atoms with van der Waals surface area (Å²) in [7, 11) is 0. The van der Waals surface area contributed by atoms with Crippen LogP contribution in [0.5, 0.6) is 5.06 Å².